The predicted molar refractivity (Wildman–Crippen MR) is 426 cm³/mol. The lowest BCUT2D eigenvalue weighted by Crippen LogP contribution is -2.48. The van der Waals surface area contributed by atoms with E-state index in [2.05, 4.69) is 87.1 Å². The molecule has 0 spiro atoms. The SMILES string of the molecule is CCCCCC/C=C\CCCC(=O)O[C@H](CCCCCCC)CC(=O)NC(COCC[C@H](O)CCCCCCC)COP(=O)(O)OCCNC(=O)C1OC(C)(C)OC1C(=O)NCCOP(=O)(O)OCC(COCC[C@H](O)CCCCCCC)NC(=O)C[C@@H](CCCCCCC)OC(=O)CCC/C=C\CCCCCC. The van der Waals surface area contributed by atoms with Gasteiger partial charge < -0.3 is 69.7 Å². The van der Waals surface area contributed by atoms with Crippen LogP contribution in [0, 0.1) is 0 Å². The molecule has 0 saturated carbocycles. The third kappa shape index (κ3) is 60.5. The Labute approximate surface area is 656 Å². The first-order valence-electron chi connectivity index (χ1n) is 42.4. The molecule has 4 amide bonds. The van der Waals surface area contributed by atoms with Gasteiger partial charge in [-0.2, -0.15) is 0 Å². The normalized spacial score (nSPS) is 17.1. The summed E-state index contributed by atoms with van der Waals surface area (Å²) in [6, 6.07) is -1.96. The standard InChI is InChI=1S/C81H152N4O22P2/c1-9-15-21-27-29-31-33-39-45-51-75(90)104-71(49-43-37-25-19-13-5)61-73(88)84-67(63-98-57-53-69(86)47-41-35-23-17-11-3)65-102-108(94,95)100-59-55-82-79(92)77-78(107-81(7,8)106-77)80(93)83-56-60-101-109(96,97)103-66-68(64-99-58-54-70(87)48-42-36-24-18-12-4)85-74(89)62-72(50-44-38-26-20-14-6)105-76(91)52-46-40-34-32-30-28-22-16-10-2/h31-34,67-72,77-78,86-87H,9-30,35-66H2,1-8H3,(H,82,92)(H,83,93)(H,84,88)(H,85,89)(H,94,95)(H,96,97)/b33-31-,34-32-/t67?,68?,69-,70-,71-,72-,77?,78?/m1/s1. The summed E-state index contributed by atoms with van der Waals surface area (Å²) >= 11 is 0. The summed E-state index contributed by atoms with van der Waals surface area (Å²) in [6.45, 7) is 12.8. The molecule has 0 aromatic rings. The van der Waals surface area contributed by atoms with Crippen LogP contribution in [0.1, 0.15) is 338 Å². The molecule has 1 aliphatic rings. The largest absolute Gasteiger partial charge is 0.472 e. The molecule has 1 rings (SSSR count). The van der Waals surface area contributed by atoms with Crippen molar-refractivity contribution >= 4 is 51.2 Å². The van der Waals surface area contributed by atoms with Crippen molar-refractivity contribution in [3.63, 3.8) is 0 Å². The molecule has 28 heteroatoms. The number of aliphatic hydroxyl groups excluding tert-OH is 2. The summed E-state index contributed by atoms with van der Waals surface area (Å²) in [4.78, 5) is 103. The molecule has 0 aromatic heterocycles. The zero-order chi connectivity index (χ0) is 80.5. The third-order valence-electron chi connectivity index (χ3n) is 18.6. The highest BCUT2D eigenvalue weighted by Gasteiger charge is 2.49. The smallest absolute Gasteiger partial charge is 0.462 e. The number of hydrogen-bond acceptors (Lipinski definition) is 20. The van der Waals surface area contributed by atoms with Crippen molar-refractivity contribution in [2.24, 2.45) is 0 Å². The molecular formula is C81H152N4O22P2. The van der Waals surface area contributed by atoms with E-state index in [1.54, 1.807) is 0 Å². The Morgan fingerprint density at radius 1 is 0.404 bits per heavy atom. The number of nitrogens with one attached hydrogen (secondary N) is 4. The van der Waals surface area contributed by atoms with Gasteiger partial charge in [-0.15, -0.1) is 0 Å². The average molecular weight is 1600 g/mol. The predicted octanol–water partition coefficient (Wildman–Crippen LogP) is 16.0. The van der Waals surface area contributed by atoms with Gasteiger partial charge in [0.15, 0.2) is 18.0 Å². The zero-order valence-electron chi connectivity index (χ0n) is 68.6. The van der Waals surface area contributed by atoms with E-state index in [9.17, 15) is 57.9 Å². The van der Waals surface area contributed by atoms with E-state index >= 15 is 0 Å². The van der Waals surface area contributed by atoms with Crippen LogP contribution in [-0.4, -0.2) is 176 Å². The highest BCUT2D eigenvalue weighted by Crippen LogP contribution is 2.44. The van der Waals surface area contributed by atoms with Crippen molar-refractivity contribution in [3.8, 4) is 0 Å². The van der Waals surface area contributed by atoms with Gasteiger partial charge in [0.1, 0.15) is 12.2 Å². The van der Waals surface area contributed by atoms with E-state index in [4.69, 9.17) is 46.5 Å². The molecule has 26 nitrogen and oxygen atoms in total. The summed E-state index contributed by atoms with van der Waals surface area (Å²) in [7, 11) is -9.74. The summed E-state index contributed by atoms with van der Waals surface area (Å²) in [5, 5.41) is 31.9. The quantitative estimate of drug-likeness (QED) is 0.0121. The molecule has 8 N–H and O–H groups in total. The Morgan fingerprint density at radius 2 is 0.716 bits per heavy atom. The van der Waals surface area contributed by atoms with E-state index < -0.39 is 132 Å². The number of allylic oxidation sites excluding steroid dienone is 4. The second-order valence-corrected chi connectivity index (χ2v) is 32.6. The van der Waals surface area contributed by atoms with Crippen LogP contribution in [0.3, 0.4) is 0 Å². The first-order chi connectivity index (χ1) is 52.4. The van der Waals surface area contributed by atoms with E-state index in [-0.39, 0.29) is 65.2 Å². The van der Waals surface area contributed by atoms with Gasteiger partial charge in [0, 0.05) is 39.1 Å². The molecule has 10 atom stereocenters. The Kier molecular flexibility index (Phi) is 64.1. The second-order valence-electron chi connectivity index (χ2n) is 29.7. The highest BCUT2D eigenvalue weighted by molar-refractivity contribution is 7.47. The summed E-state index contributed by atoms with van der Waals surface area (Å²) in [5.74, 6) is -4.91. The second kappa shape index (κ2) is 67.6. The number of phosphoric acid groups is 2. The van der Waals surface area contributed by atoms with Crippen LogP contribution in [-0.2, 0) is 84.4 Å². The molecule has 0 radical (unpaired) electrons. The monoisotopic (exact) mass is 1600 g/mol. The van der Waals surface area contributed by atoms with Gasteiger partial charge in [0.2, 0.25) is 11.8 Å². The van der Waals surface area contributed by atoms with Crippen molar-refractivity contribution in [2.75, 3.05) is 65.9 Å². The van der Waals surface area contributed by atoms with Crippen LogP contribution in [0.25, 0.3) is 0 Å². The van der Waals surface area contributed by atoms with Gasteiger partial charge in [0.25, 0.3) is 11.8 Å². The summed E-state index contributed by atoms with van der Waals surface area (Å²) < 4.78 is 82.9. The van der Waals surface area contributed by atoms with Gasteiger partial charge in [-0.1, -0.05) is 220 Å². The fourth-order valence-electron chi connectivity index (χ4n) is 12.3. The van der Waals surface area contributed by atoms with E-state index in [0.717, 1.165) is 167 Å². The van der Waals surface area contributed by atoms with Crippen molar-refractivity contribution in [2.45, 2.75) is 392 Å². The minimum Gasteiger partial charge on any atom is -0.462 e. The lowest BCUT2D eigenvalue weighted by Gasteiger charge is -2.23. The molecule has 638 valence electrons. The fourth-order valence-corrected chi connectivity index (χ4v) is 13.8. The minimum absolute atomic E-state index is 0.132. The average Bonchev–Trinajstić information content (AvgIpc) is 1.66. The molecule has 1 heterocycles. The number of phosphoric ester groups is 2. The summed E-state index contributed by atoms with van der Waals surface area (Å²) in [6.07, 6.45) is 39.9. The maximum absolute atomic E-state index is 13.7. The first-order valence-corrected chi connectivity index (χ1v) is 45.3. The van der Waals surface area contributed by atoms with Crippen molar-refractivity contribution in [3.05, 3.63) is 24.3 Å². The number of esters is 2. The summed E-state index contributed by atoms with van der Waals surface area (Å²) in [5.41, 5.74) is 0. The van der Waals surface area contributed by atoms with Crippen molar-refractivity contribution in [1.82, 2.24) is 21.3 Å². The van der Waals surface area contributed by atoms with Gasteiger partial charge in [-0.25, -0.2) is 9.13 Å². The van der Waals surface area contributed by atoms with Gasteiger partial charge >= 0.3 is 27.6 Å². The number of ether oxygens (including phenoxy) is 6. The van der Waals surface area contributed by atoms with E-state index in [0.29, 0.717) is 51.4 Å². The number of hydrogen-bond donors (Lipinski definition) is 8. The first kappa shape index (κ1) is 103. The van der Waals surface area contributed by atoms with Crippen LogP contribution < -0.4 is 21.3 Å². The maximum atomic E-state index is 13.7. The van der Waals surface area contributed by atoms with Crippen LogP contribution in [0.15, 0.2) is 24.3 Å². The third-order valence-corrected chi connectivity index (χ3v) is 20.6. The molecule has 6 unspecified atom stereocenters. The molecule has 0 bridgehead atoms. The molecule has 109 heavy (non-hydrogen) atoms. The maximum Gasteiger partial charge on any atom is 0.472 e. The lowest BCUT2D eigenvalue weighted by molar-refractivity contribution is -0.159. The Hall–Kier alpha value is -3.72. The Bertz CT molecular complexity index is 2320. The van der Waals surface area contributed by atoms with Crippen molar-refractivity contribution < 1.29 is 104 Å². The van der Waals surface area contributed by atoms with Crippen LogP contribution in [0.4, 0.5) is 0 Å². The Balaban J connectivity index is 3.04. The van der Waals surface area contributed by atoms with Gasteiger partial charge in [-0.05, 0) is 117 Å². The number of amides is 4. The number of carbonyl (C=O) groups excluding carboxylic acids is 6. The fraction of sp³-hybridized carbons (Fsp3) is 0.877. The lowest BCUT2D eigenvalue weighted by atomic mass is 10.1. The zero-order valence-corrected chi connectivity index (χ0v) is 70.4. The topological polar surface area (TPSA) is 358 Å². The van der Waals surface area contributed by atoms with E-state index in [1.165, 1.54) is 52.4 Å². The molecule has 0 aromatic carbocycles. The van der Waals surface area contributed by atoms with Crippen molar-refractivity contribution in [1.29, 1.82) is 0 Å². The van der Waals surface area contributed by atoms with Gasteiger partial charge in [-0.3, -0.25) is 46.9 Å². The number of carbonyl (C=O) groups is 6. The minimum atomic E-state index is -4.87. The van der Waals surface area contributed by atoms with Crippen LogP contribution in [0.5, 0.6) is 0 Å². The number of aliphatic hydroxyl groups is 2. The van der Waals surface area contributed by atoms with Crippen LogP contribution >= 0.6 is 15.6 Å². The highest BCUT2D eigenvalue weighted by atomic mass is 31.2. The number of rotatable bonds is 76. The van der Waals surface area contributed by atoms with Crippen LogP contribution in [0.2, 0.25) is 0 Å². The number of unbranched alkanes of at least 4 members (excludes halogenated alkanes) is 26. The molecule has 1 aliphatic heterocycles. The van der Waals surface area contributed by atoms with Gasteiger partial charge in [0.05, 0.1) is 76.8 Å². The molecular weight excluding hydrogens is 1440 g/mol. The Morgan fingerprint density at radius 3 is 1.06 bits per heavy atom. The molecule has 1 fully saturated rings. The molecule has 1 saturated heterocycles. The van der Waals surface area contributed by atoms with E-state index in [1.807, 2.05) is 0 Å². The molecule has 0 aliphatic carbocycles.